The molecule has 0 radical (unpaired) electrons. The summed E-state index contributed by atoms with van der Waals surface area (Å²) in [7, 11) is -1.59. The van der Waals surface area contributed by atoms with E-state index in [4.69, 9.17) is 0 Å². The molecule has 0 saturated carbocycles. The Kier molecular flexibility index (Phi) is 4.21. The van der Waals surface area contributed by atoms with Gasteiger partial charge in [-0.1, -0.05) is 25.5 Å². The highest BCUT2D eigenvalue weighted by Gasteiger charge is 2.24. The predicted octanol–water partition coefficient (Wildman–Crippen LogP) is 1.93. The third-order valence-corrected chi connectivity index (χ3v) is 4.36. The Morgan fingerprint density at radius 3 is 2.79 bits per heavy atom. The standard InChI is InChI=1S/C13H19N3O2S/c1-3-4-9-16(2)10-13-14-11-7-5-6-8-12(11)19(17,18)15-13/h5-8H,3-4,9-10H2,1-2H3,(H,14,15). The lowest BCUT2D eigenvalue weighted by molar-refractivity contribution is 0.372. The number of nitrogens with zero attached hydrogens (tertiary/aromatic N) is 2. The summed E-state index contributed by atoms with van der Waals surface area (Å²) in [5.74, 6) is 0.484. The van der Waals surface area contributed by atoms with Gasteiger partial charge in [0.15, 0.2) is 0 Å². The van der Waals surface area contributed by atoms with Crippen molar-refractivity contribution in [1.82, 2.24) is 4.90 Å². The van der Waals surface area contributed by atoms with Gasteiger partial charge in [0.2, 0.25) is 0 Å². The highest BCUT2D eigenvalue weighted by Crippen LogP contribution is 2.26. The van der Waals surface area contributed by atoms with Gasteiger partial charge in [0.05, 0.1) is 12.2 Å². The Morgan fingerprint density at radius 2 is 2.05 bits per heavy atom. The molecule has 0 aliphatic carbocycles. The fourth-order valence-electron chi connectivity index (χ4n) is 2.00. The van der Waals surface area contributed by atoms with Crippen LogP contribution in [0.15, 0.2) is 33.6 Å². The van der Waals surface area contributed by atoms with Crippen molar-refractivity contribution in [1.29, 1.82) is 0 Å². The summed E-state index contributed by atoms with van der Waals surface area (Å²) < 4.78 is 27.9. The molecule has 0 unspecified atom stereocenters. The molecule has 0 amide bonds. The van der Waals surface area contributed by atoms with Crippen molar-refractivity contribution in [3.8, 4) is 0 Å². The molecule has 0 fully saturated rings. The van der Waals surface area contributed by atoms with E-state index in [0.717, 1.165) is 19.4 Å². The second-order valence-electron chi connectivity index (χ2n) is 4.73. The lowest BCUT2D eigenvalue weighted by atomic mass is 10.3. The number of fused-ring (bicyclic) bond motifs is 1. The lowest BCUT2D eigenvalue weighted by Crippen LogP contribution is -2.33. The number of unbranched alkanes of at least 4 members (excludes halogenated alkanes) is 1. The number of sulfonamides is 1. The minimum absolute atomic E-state index is 0.245. The molecule has 1 aliphatic heterocycles. The van der Waals surface area contributed by atoms with Gasteiger partial charge in [-0.05, 0) is 32.1 Å². The first-order valence-electron chi connectivity index (χ1n) is 6.41. The monoisotopic (exact) mass is 281 g/mol. The molecule has 2 rings (SSSR count). The van der Waals surface area contributed by atoms with Gasteiger partial charge in [0.25, 0.3) is 10.0 Å². The Bertz CT molecular complexity index is 581. The van der Waals surface area contributed by atoms with Crippen molar-refractivity contribution < 1.29 is 8.42 Å². The molecule has 0 bridgehead atoms. The van der Waals surface area contributed by atoms with Gasteiger partial charge in [-0.15, -0.1) is 4.40 Å². The Balaban J connectivity index is 2.16. The number of rotatable bonds is 5. The number of para-hydroxylation sites is 1. The van der Waals surface area contributed by atoms with Crippen LogP contribution in [0.5, 0.6) is 0 Å². The molecule has 1 heterocycles. The SMILES string of the molecule is CCCCN(C)CC1=NS(=O)(=O)c2ccccc2N1. The molecule has 1 aromatic rings. The second-order valence-corrected chi connectivity index (χ2v) is 6.30. The van der Waals surface area contributed by atoms with Crippen LogP contribution >= 0.6 is 0 Å². The number of amidine groups is 1. The van der Waals surface area contributed by atoms with Crippen molar-refractivity contribution >= 4 is 21.5 Å². The van der Waals surface area contributed by atoms with E-state index in [1.807, 2.05) is 13.1 Å². The summed E-state index contributed by atoms with van der Waals surface area (Å²) in [6.45, 7) is 3.57. The van der Waals surface area contributed by atoms with Gasteiger partial charge < -0.3 is 5.32 Å². The molecule has 0 spiro atoms. The van der Waals surface area contributed by atoms with Crippen LogP contribution in [-0.4, -0.2) is 39.3 Å². The van der Waals surface area contributed by atoms with Crippen LogP contribution in [0.3, 0.4) is 0 Å². The van der Waals surface area contributed by atoms with Crippen molar-refractivity contribution in [3.63, 3.8) is 0 Å². The maximum atomic E-state index is 12.0. The van der Waals surface area contributed by atoms with E-state index < -0.39 is 10.0 Å². The zero-order valence-corrected chi connectivity index (χ0v) is 12.1. The molecule has 1 N–H and O–H groups in total. The van der Waals surface area contributed by atoms with Crippen LogP contribution in [0.1, 0.15) is 19.8 Å². The maximum Gasteiger partial charge on any atom is 0.286 e. The van der Waals surface area contributed by atoms with Crippen molar-refractivity contribution in [2.45, 2.75) is 24.7 Å². The molecule has 1 aliphatic rings. The van der Waals surface area contributed by atoms with E-state index in [1.165, 1.54) is 0 Å². The Hall–Kier alpha value is -1.40. The first kappa shape index (κ1) is 14.0. The Morgan fingerprint density at radius 1 is 1.32 bits per heavy atom. The number of hydrogen-bond acceptors (Lipinski definition) is 4. The molecular formula is C13H19N3O2S. The Labute approximate surface area is 114 Å². The summed E-state index contributed by atoms with van der Waals surface area (Å²) in [4.78, 5) is 2.31. The quantitative estimate of drug-likeness (QED) is 0.896. The summed E-state index contributed by atoms with van der Waals surface area (Å²) in [5, 5.41) is 3.09. The molecule has 6 heteroatoms. The van der Waals surface area contributed by atoms with Crippen molar-refractivity contribution in [3.05, 3.63) is 24.3 Å². The van der Waals surface area contributed by atoms with E-state index in [-0.39, 0.29) is 4.90 Å². The average molecular weight is 281 g/mol. The molecule has 0 atom stereocenters. The molecule has 19 heavy (non-hydrogen) atoms. The van der Waals surface area contributed by atoms with E-state index in [1.54, 1.807) is 18.2 Å². The van der Waals surface area contributed by atoms with E-state index in [9.17, 15) is 8.42 Å². The first-order valence-corrected chi connectivity index (χ1v) is 7.85. The number of likely N-dealkylation sites (N-methyl/N-ethyl adjacent to an activating group) is 1. The first-order chi connectivity index (χ1) is 9.03. The van der Waals surface area contributed by atoms with Crippen LogP contribution in [0.2, 0.25) is 0 Å². The van der Waals surface area contributed by atoms with Crippen molar-refractivity contribution in [2.75, 3.05) is 25.5 Å². The van der Waals surface area contributed by atoms with Gasteiger partial charge in [-0.3, -0.25) is 4.90 Å². The van der Waals surface area contributed by atoms with Gasteiger partial charge in [-0.2, -0.15) is 8.42 Å². The largest absolute Gasteiger partial charge is 0.341 e. The highest BCUT2D eigenvalue weighted by atomic mass is 32.2. The summed E-state index contributed by atoms with van der Waals surface area (Å²) in [6.07, 6.45) is 2.21. The maximum absolute atomic E-state index is 12.0. The number of anilines is 1. The zero-order chi connectivity index (χ0) is 13.9. The zero-order valence-electron chi connectivity index (χ0n) is 11.3. The summed E-state index contributed by atoms with van der Waals surface area (Å²) >= 11 is 0. The van der Waals surface area contributed by atoms with E-state index in [2.05, 4.69) is 21.5 Å². The molecule has 0 aromatic heterocycles. The van der Waals surface area contributed by atoms with Crippen LogP contribution in [-0.2, 0) is 10.0 Å². The highest BCUT2D eigenvalue weighted by molar-refractivity contribution is 7.90. The number of hydrogen-bond donors (Lipinski definition) is 1. The smallest absolute Gasteiger partial charge is 0.286 e. The van der Waals surface area contributed by atoms with Crippen LogP contribution in [0, 0.1) is 0 Å². The van der Waals surface area contributed by atoms with Gasteiger partial charge in [0.1, 0.15) is 10.7 Å². The summed E-state index contributed by atoms with van der Waals surface area (Å²) in [5.41, 5.74) is 0.608. The fraction of sp³-hybridized carbons (Fsp3) is 0.462. The average Bonchev–Trinajstić information content (AvgIpc) is 2.35. The minimum atomic E-state index is -3.56. The van der Waals surface area contributed by atoms with E-state index in [0.29, 0.717) is 18.1 Å². The van der Waals surface area contributed by atoms with Crippen molar-refractivity contribution in [2.24, 2.45) is 4.40 Å². The third kappa shape index (κ3) is 3.33. The molecule has 5 nitrogen and oxygen atoms in total. The van der Waals surface area contributed by atoms with Gasteiger partial charge in [0, 0.05) is 0 Å². The third-order valence-electron chi connectivity index (χ3n) is 2.99. The molecule has 104 valence electrons. The second kappa shape index (κ2) is 5.71. The molecule has 1 aromatic carbocycles. The minimum Gasteiger partial charge on any atom is -0.341 e. The molecule has 0 saturated heterocycles. The van der Waals surface area contributed by atoms with Crippen LogP contribution < -0.4 is 5.32 Å². The lowest BCUT2D eigenvalue weighted by Gasteiger charge is -2.22. The predicted molar refractivity (Wildman–Crippen MR) is 77.1 cm³/mol. The number of nitrogens with one attached hydrogen (secondary N) is 1. The topological polar surface area (TPSA) is 61.8 Å². The fourth-order valence-corrected chi connectivity index (χ4v) is 3.14. The number of benzene rings is 1. The summed E-state index contributed by atoms with van der Waals surface area (Å²) in [6, 6.07) is 6.84. The normalized spacial score (nSPS) is 16.7. The van der Waals surface area contributed by atoms with Gasteiger partial charge in [-0.25, -0.2) is 0 Å². The molecular weight excluding hydrogens is 262 g/mol. The van der Waals surface area contributed by atoms with E-state index >= 15 is 0 Å². The van der Waals surface area contributed by atoms with Gasteiger partial charge >= 0.3 is 0 Å². The van der Waals surface area contributed by atoms with Crippen LogP contribution in [0.25, 0.3) is 0 Å². The van der Waals surface area contributed by atoms with Crippen LogP contribution in [0.4, 0.5) is 5.69 Å².